The van der Waals surface area contributed by atoms with Gasteiger partial charge in [0, 0.05) is 17.9 Å². The molecule has 0 spiro atoms. The fraction of sp³-hybridized carbons (Fsp3) is 1.00. The molecule has 0 aromatic heterocycles. The highest BCUT2D eigenvalue weighted by molar-refractivity contribution is 6.45. The maximum atomic E-state index is 6.94. The Bertz CT molecular complexity index is 708. The summed E-state index contributed by atoms with van der Waals surface area (Å²) in [6.07, 6.45) is 3.21. The van der Waals surface area contributed by atoms with Crippen molar-refractivity contribution in [2.24, 2.45) is 17.8 Å². The molecule has 0 rings (SSSR count). The minimum atomic E-state index is -0.975. The van der Waals surface area contributed by atoms with E-state index >= 15 is 0 Å². The molecule has 0 bridgehead atoms. The van der Waals surface area contributed by atoms with Crippen molar-refractivity contribution in [3.63, 3.8) is 0 Å². The van der Waals surface area contributed by atoms with Crippen LogP contribution in [0, 0.1) is 17.8 Å². The molecule has 1 nitrogen and oxygen atoms in total. The molecule has 0 aromatic carbocycles. The van der Waals surface area contributed by atoms with Crippen molar-refractivity contribution < 1.29 is 4.74 Å². The zero-order chi connectivity index (χ0) is 33.1. The van der Waals surface area contributed by atoms with E-state index in [2.05, 4.69) is 6.92 Å². The summed E-state index contributed by atoms with van der Waals surface area (Å²) in [5.41, 5.74) is -0.565. The summed E-state index contributed by atoms with van der Waals surface area (Å²) >= 11 is 93.1. The Morgan fingerprint density at radius 3 is 1.00 bits per heavy atom. The molecule has 254 valence electrons. The SMILES string of the molecule is CCCCOC(Cl)C(CC)C(Cl)C(CC)C(Cl)C(Cl)C(Cl)C(Cl)C(Cl)C(Cl)C(Cl)C(Cl)C(Cl)C(Cl)C(Cl)C(Cl)C(C)C. The first-order chi connectivity index (χ1) is 19.4. The van der Waals surface area contributed by atoms with E-state index < -0.39 is 75.5 Å². The van der Waals surface area contributed by atoms with Crippen molar-refractivity contribution in [2.45, 2.75) is 136 Å². The molecule has 0 saturated heterocycles. The van der Waals surface area contributed by atoms with Crippen LogP contribution in [-0.2, 0) is 4.74 Å². The van der Waals surface area contributed by atoms with Gasteiger partial charge in [0.25, 0.3) is 0 Å². The molecule has 0 amide bonds. The predicted molar refractivity (Wildman–Crippen MR) is 198 cm³/mol. The molecule has 42 heavy (non-hydrogen) atoms. The van der Waals surface area contributed by atoms with Gasteiger partial charge in [0.2, 0.25) is 0 Å². The van der Waals surface area contributed by atoms with Crippen LogP contribution in [0.5, 0.6) is 0 Å². The molecule has 0 N–H and O–H groups in total. The lowest BCUT2D eigenvalue weighted by molar-refractivity contribution is 0.0566. The summed E-state index contributed by atoms with van der Waals surface area (Å²) in [5.74, 6) is -0.360. The second kappa shape index (κ2) is 23.4. The monoisotopic (exact) mass is 872 g/mol. The van der Waals surface area contributed by atoms with Crippen molar-refractivity contribution in [1.82, 2.24) is 0 Å². The van der Waals surface area contributed by atoms with E-state index in [4.69, 9.17) is 167 Å². The number of hydrogen-bond donors (Lipinski definition) is 0. The zero-order valence-corrected chi connectivity index (χ0v) is 34.6. The minimum absolute atomic E-state index is 0.0597. The fourth-order valence-corrected chi connectivity index (χ4v) is 10.2. The molecule has 0 aromatic rings. The minimum Gasteiger partial charge on any atom is -0.362 e. The van der Waals surface area contributed by atoms with Gasteiger partial charge < -0.3 is 4.74 Å². The molecule has 0 radical (unpaired) electrons. The van der Waals surface area contributed by atoms with Gasteiger partial charge in [-0.25, -0.2) is 0 Å². The standard InChI is InChI=1S/C27H42Cl14O/c1-6-9-10-42-27(41)13(8-3)15(29)12(7-2)16(30)18(32)20(34)22(36)24(38)26(40)25(39)23(37)21(35)19(33)17(31)14(28)11(4)5/h11-27H,6-10H2,1-5H3. The Morgan fingerprint density at radius 1 is 0.405 bits per heavy atom. The van der Waals surface area contributed by atoms with E-state index in [9.17, 15) is 0 Å². The van der Waals surface area contributed by atoms with Crippen LogP contribution in [0.2, 0.25) is 0 Å². The molecule has 0 saturated carbocycles. The highest BCUT2D eigenvalue weighted by Crippen LogP contribution is 2.41. The number of unbranched alkanes of at least 4 members (excludes halogenated alkanes) is 1. The smallest absolute Gasteiger partial charge is 0.135 e. The van der Waals surface area contributed by atoms with E-state index in [-0.39, 0.29) is 17.8 Å². The lowest BCUT2D eigenvalue weighted by Gasteiger charge is -2.37. The number of ether oxygens (including phenoxy) is 1. The van der Waals surface area contributed by atoms with Crippen molar-refractivity contribution in [3.05, 3.63) is 0 Å². The number of hydrogen-bond acceptors (Lipinski definition) is 1. The van der Waals surface area contributed by atoms with Gasteiger partial charge in [-0.05, 0) is 24.7 Å². The molecular formula is C27H42Cl14O. The van der Waals surface area contributed by atoms with Crippen LogP contribution in [0.15, 0.2) is 0 Å². The summed E-state index contributed by atoms with van der Waals surface area (Å²) in [6, 6.07) is 0. The summed E-state index contributed by atoms with van der Waals surface area (Å²) in [4.78, 5) is 0. The van der Waals surface area contributed by atoms with Gasteiger partial charge >= 0.3 is 0 Å². The molecule has 0 aliphatic rings. The van der Waals surface area contributed by atoms with E-state index in [1.165, 1.54) is 0 Å². The Hall–Kier alpha value is 4.02. The molecule has 15 heteroatoms. The Balaban J connectivity index is 5.51. The predicted octanol–water partition coefficient (Wildman–Crippen LogP) is 13.0. The molecule has 0 aliphatic heterocycles. The van der Waals surface area contributed by atoms with E-state index in [1.807, 2.05) is 27.7 Å². The topological polar surface area (TPSA) is 9.23 Å². The number of halogens is 14. The third-order valence-electron chi connectivity index (χ3n) is 7.26. The quantitative estimate of drug-likeness (QED) is 0.0778. The van der Waals surface area contributed by atoms with Crippen molar-refractivity contribution >= 4 is 162 Å². The van der Waals surface area contributed by atoms with Crippen LogP contribution in [0.25, 0.3) is 0 Å². The van der Waals surface area contributed by atoms with E-state index in [1.54, 1.807) is 0 Å². The van der Waals surface area contributed by atoms with Crippen LogP contribution in [0.1, 0.15) is 60.3 Å². The fourth-order valence-electron chi connectivity index (χ4n) is 4.32. The average Bonchev–Trinajstić information content (AvgIpc) is 2.97. The maximum absolute atomic E-state index is 6.94. The highest BCUT2D eigenvalue weighted by Gasteiger charge is 2.46. The van der Waals surface area contributed by atoms with Gasteiger partial charge in [0.15, 0.2) is 0 Å². The molecule has 0 aliphatic carbocycles. The lowest BCUT2D eigenvalue weighted by atomic mass is 9.85. The van der Waals surface area contributed by atoms with Crippen molar-refractivity contribution in [3.8, 4) is 0 Å². The van der Waals surface area contributed by atoms with Crippen molar-refractivity contribution in [2.75, 3.05) is 6.61 Å². The highest BCUT2D eigenvalue weighted by atomic mass is 35.5. The third-order valence-corrected chi connectivity index (χ3v) is 16.6. The summed E-state index contributed by atoms with van der Waals surface area (Å²) in [5, 5.41) is -10.4. The first-order valence-electron chi connectivity index (χ1n) is 14.0. The molecule has 0 fully saturated rings. The first-order valence-corrected chi connectivity index (χ1v) is 20.1. The first kappa shape index (κ1) is 46.0. The van der Waals surface area contributed by atoms with Gasteiger partial charge in [-0.3, -0.25) is 0 Å². The largest absolute Gasteiger partial charge is 0.362 e. The molecular weight excluding hydrogens is 837 g/mol. The number of alkyl halides is 14. The Morgan fingerprint density at radius 2 is 0.714 bits per heavy atom. The van der Waals surface area contributed by atoms with Gasteiger partial charge in [0.05, 0.1) is 64.5 Å². The van der Waals surface area contributed by atoms with Crippen LogP contribution >= 0.6 is 162 Å². The second-order valence-electron chi connectivity index (χ2n) is 10.7. The maximum Gasteiger partial charge on any atom is 0.135 e. The third kappa shape index (κ3) is 13.7. The summed E-state index contributed by atoms with van der Waals surface area (Å²) in [7, 11) is 0. The van der Waals surface area contributed by atoms with Gasteiger partial charge in [-0.1, -0.05) is 59.1 Å². The molecule has 16 atom stereocenters. The van der Waals surface area contributed by atoms with E-state index in [0.717, 1.165) is 12.8 Å². The van der Waals surface area contributed by atoms with Crippen LogP contribution in [0.4, 0.5) is 0 Å². The zero-order valence-electron chi connectivity index (χ0n) is 24.1. The van der Waals surface area contributed by atoms with Crippen LogP contribution in [0.3, 0.4) is 0 Å². The molecule has 16 unspecified atom stereocenters. The van der Waals surface area contributed by atoms with Gasteiger partial charge in [0.1, 0.15) is 5.56 Å². The van der Waals surface area contributed by atoms with Gasteiger partial charge in [-0.15, -0.1) is 151 Å². The van der Waals surface area contributed by atoms with Crippen molar-refractivity contribution in [1.29, 1.82) is 0 Å². The summed E-state index contributed by atoms with van der Waals surface area (Å²) in [6.45, 7) is 10.4. The Kier molecular flexibility index (Phi) is 25.7. The number of rotatable bonds is 22. The van der Waals surface area contributed by atoms with Crippen LogP contribution < -0.4 is 0 Å². The Labute approximate surface area is 324 Å². The molecule has 0 heterocycles. The van der Waals surface area contributed by atoms with Crippen LogP contribution in [-0.4, -0.2) is 82.1 Å². The lowest BCUT2D eigenvalue weighted by Crippen LogP contribution is -2.49. The van der Waals surface area contributed by atoms with E-state index in [0.29, 0.717) is 19.4 Å². The second-order valence-corrected chi connectivity index (χ2v) is 17.7. The summed E-state index contributed by atoms with van der Waals surface area (Å²) < 4.78 is 5.81. The average molecular weight is 879 g/mol. The van der Waals surface area contributed by atoms with Gasteiger partial charge in [-0.2, -0.15) is 0 Å². The normalized spacial score (nSPS) is 24.3.